The van der Waals surface area contributed by atoms with Crippen LogP contribution in [0.5, 0.6) is 17.2 Å². The fraction of sp³-hybridized carbons (Fsp3) is 0.600. The van der Waals surface area contributed by atoms with Crippen molar-refractivity contribution in [2.24, 2.45) is 0 Å². The van der Waals surface area contributed by atoms with E-state index in [1.165, 1.54) is 20.0 Å². The van der Waals surface area contributed by atoms with E-state index in [1.807, 2.05) is 0 Å². The molecule has 1 atom stereocenters. The van der Waals surface area contributed by atoms with Gasteiger partial charge in [-0.25, -0.2) is 4.39 Å². The van der Waals surface area contributed by atoms with Gasteiger partial charge in [0, 0.05) is 17.7 Å². The van der Waals surface area contributed by atoms with Crippen LogP contribution in [0.2, 0.25) is 0 Å². The Labute approximate surface area is 118 Å². The summed E-state index contributed by atoms with van der Waals surface area (Å²) in [6.45, 7) is 1.95. The van der Waals surface area contributed by atoms with Crippen molar-refractivity contribution in [3.8, 4) is 17.2 Å². The molecule has 1 saturated heterocycles. The van der Waals surface area contributed by atoms with Gasteiger partial charge in [0.05, 0.1) is 7.11 Å². The Kier molecular flexibility index (Phi) is 3.96. The van der Waals surface area contributed by atoms with Gasteiger partial charge in [0.1, 0.15) is 13.2 Å². The summed E-state index contributed by atoms with van der Waals surface area (Å²) < 4.78 is 30.8. The molecule has 1 N–H and O–H groups in total. The summed E-state index contributed by atoms with van der Waals surface area (Å²) in [7, 11) is 1.47. The van der Waals surface area contributed by atoms with Gasteiger partial charge in [-0.2, -0.15) is 0 Å². The van der Waals surface area contributed by atoms with Gasteiger partial charge in [0.2, 0.25) is 0 Å². The van der Waals surface area contributed by atoms with Gasteiger partial charge in [-0.3, -0.25) is 0 Å². The third-order valence-corrected chi connectivity index (χ3v) is 3.91. The van der Waals surface area contributed by atoms with E-state index in [0.717, 1.165) is 13.0 Å². The van der Waals surface area contributed by atoms with E-state index in [9.17, 15) is 4.39 Å². The minimum atomic E-state index is -0.330. The number of methoxy groups -OCH3 is 1. The van der Waals surface area contributed by atoms with Crippen molar-refractivity contribution >= 4 is 0 Å². The van der Waals surface area contributed by atoms with Crippen LogP contribution in [0.15, 0.2) is 6.07 Å². The average Bonchev–Trinajstić information content (AvgIpc) is 2.51. The molecule has 110 valence electrons. The van der Waals surface area contributed by atoms with Crippen LogP contribution in [0.4, 0.5) is 4.39 Å². The van der Waals surface area contributed by atoms with Gasteiger partial charge in [-0.1, -0.05) is 6.42 Å². The van der Waals surface area contributed by atoms with Crippen molar-refractivity contribution in [3.05, 3.63) is 17.4 Å². The second-order valence-corrected chi connectivity index (χ2v) is 5.25. The van der Waals surface area contributed by atoms with Gasteiger partial charge in [-0.05, 0) is 25.8 Å². The lowest BCUT2D eigenvalue weighted by Crippen LogP contribution is -2.36. The molecular formula is C15H20FNO3. The van der Waals surface area contributed by atoms with Crippen molar-refractivity contribution < 1.29 is 18.6 Å². The van der Waals surface area contributed by atoms with E-state index in [0.29, 0.717) is 42.7 Å². The molecule has 0 bridgehead atoms. The van der Waals surface area contributed by atoms with E-state index in [4.69, 9.17) is 14.2 Å². The number of piperidine rings is 1. The SMILES string of the molecule is COc1cc2c(c(CC3CCCCN3)c1F)OCCO2. The molecule has 2 heterocycles. The number of fused-ring (bicyclic) bond motifs is 1. The smallest absolute Gasteiger partial charge is 0.172 e. The Hall–Kier alpha value is -1.49. The molecular weight excluding hydrogens is 261 g/mol. The normalized spacial score (nSPS) is 21.6. The van der Waals surface area contributed by atoms with Crippen LogP contribution in [0.25, 0.3) is 0 Å². The first-order valence-corrected chi connectivity index (χ1v) is 7.18. The Morgan fingerprint density at radius 1 is 1.35 bits per heavy atom. The molecule has 1 fully saturated rings. The predicted molar refractivity (Wildman–Crippen MR) is 73.3 cm³/mol. The highest BCUT2D eigenvalue weighted by Crippen LogP contribution is 2.41. The minimum Gasteiger partial charge on any atom is -0.494 e. The zero-order valence-electron chi connectivity index (χ0n) is 11.7. The highest BCUT2D eigenvalue weighted by molar-refractivity contribution is 5.54. The van der Waals surface area contributed by atoms with E-state index in [2.05, 4.69) is 5.32 Å². The maximum Gasteiger partial charge on any atom is 0.172 e. The van der Waals surface area contributed by atoms with Crippen molar-refractivity contribution in [1.29, 1.82) is 0 Å². The molecule has 4 nitrogen and oxygen atoms in total. The number of benzene rings is 1. The topological polar surface area (TPSA) is 39.7 Å². The van der Waals surface area contributed by atoms with Crippen LogP contribution >= 0.6 is 0 Å². The summed E-state index contributed by atoms with van der Waals surface area (Å²) in [4.78, 5) is 0. The summed E-state index contributed by atoms with van der Waals surface area (Å²) >= 11 is 0. The monoisotopic (exact) mass is 281 g/mol. The van der Waals surface area contributed by atoms with Crippen LogP contribution in [0.3, 0.4) is 0 Å². The molecule has 2 aliphatic rings. The molecule has 1 aromatic carbocycles. The van der Waals surface area contributed by atoms with Crippen molar-refractivity contribution in [3.63, 3.8) is 0 Å². The Morgan fingerprint density at radius 2 is 2.20 bits per heavy atom. The zero-order valence-corrected chi connectivity index (χ0v) is 11.7. The number of nitrogens with one attached hydrogen (secondary N) is 1. The lowest BCUT2D eigenvalue weighted by Gasteiger charge is -2.27. The largest absolute Gasteiger partial charge is 0.494 e. The summed E-state index contributed by atoms with van der Waals surface area (Å²) in [5, 5.41) is 3.44. The fourth-order valence-electron chi connectivity index (χ4n) is 2.88. The molecule has 2 aliphatic heterocycles. The van der Waals surface area contributed by atoms with Gasteiger partial charge >= 0.3 is 0 Å². The van der Waals surface area contributed by atoms with Crippen LogP contribution < -0.4 is 19.5 Å². The molecule has 1 unspecified atom stereocenters. The van der Waals surface area contributed by atoms with Gasteiger partial charge < -0.3 is 19.5 Å². The first-order valence-electron chi connectivity index (χ1n) is 7.18. The predicted octanol–water partition coefficient (Wildman–Crippen LogP) is 2.29. The molecule has 0 saturated carbocycles. The lowest BCUT2D eigenvalue weighted by molar-refractivity contribution is 0.167. The first kappa shape index (κ1) is 13.5. The van der Waals surface area contributed by atoms with Crippen LogP contribution in [-0.4, -0.2) is 32.9 Å². The van der Waals surface area contributed by atoms with Crippen molar-refractivity contribution in [2.75, 3.05) is 26.9 Å². The summed E-state index contributed by atoms with van der Waals surface area (Å²) in [5.74, 6) is 1.02. The van der Waals surface area contributed by atoms with Gasteiger partial charge in [-0.15, -0.1) is 0 Å². The van der Waals surface area contributed by atoms with Gasteiger partial charge in [0.15, 0.2) is 23.1 Å². The molecule has 1 aromatic rings. The average molecular weight is 281 g/mol. The number of hydrogen-bond donors (Lipinski definition) is 1. The second-order valence-electron chi connectivity index (χ2n) is 5.25. The molecule has 0 aliphatic carbocycles. The third-order valence-electron chi connectivity index (χ3n) is 3.91. The Balaban J connectivity index is 1.93. The molecule has 0 spiro atoms. The quantitative estimate of drug-likeness (QED) is 0.923. The maximum absolute atomic E-state index is 14.5. The number of halogens is 1. The van der Waals surface area contributed by atoms with E-state index >= 15 is 0 Å². The summed E-state index contributed by atoms with van der Waals surface area (Å²) in [5.41, 5.74) is 0.568. The molecule has 0 aromatic heterocycles. The molecule has 0 radical (unpaired) electrons. The van der Waals surface area contributed by atoms with Crippen LogP contribution in [0, 0.1) is 5.82 Å². The van der Waals surface area contributed by atoms with Crippen LogP contribution in [0.1, 0.15) is 24.8 Å². The fourth-order valence-corrected chi connectivity index (χ4v) is 2.88. The number of rotatable bonds is 3. The summed E-state index contributed by atoms with van der Waals surface area (Å²) in [6.07, 6.45) is 4.04. The summed E-state index contributed by atoms with van der Waals surface area (Å²) in [6, 6.07) is 1.86. The number of ether oxygens (including phenoxy) is 3. The maximum atomic E-state index is 14.5. The number of hydrogen-bond acceptors (Lipinski definition) is 4. The molecule has 20 heavy (non-hydrogen) atoms. The Bertz CT molecular complexity index is 486. The van der Waals surface area contributed by atoms with Gasteiger partial charge in [0.25, 0.3) is 0 Å². The molecule has 0 amide bonds. The molecule has 5 heteroatoms. The van der Waals surface area contributed by atoms with E-state index in [-0.39, 0.29) is 11.6 Å². The molecule has 3 rings (SSSR count). The standard InChI is InChI=1S/C15H20FNO3/c1-18-12-9-13-15(20-7-6-19-13)11(14(12)16)8-10-4-2-3-5-17-10/h9-10,17H,2-8H2,1H3. The highest BCUT2D eigenvalue weighted by atomic mass is 19.1. The zero-order chi connectivity index (χ0) is 13.9. The van der Waals surface area contributed by atoms with E-state index in [1.54, 1.807) is 6.07 Å². The van der Waals surface area contributed by atoms with E-state index < -0.39 is 0 Å². The first-order chi connectivity index (χ1) is 9.79. The minimum absolute atomic E-state index is 0.222. The Morgan fingerprint density at radius 3 is 2.95 bits per heavy atom. The third kappa shape index (κ3) is 2.54. The van der Waals surface area contributed by atoms with Crippen LogP contribution in [-0.2, 0) is 6.42 Å². The second kappa shape index (κ2) is 5.87. The van der Waals surface area contributed by atoms with Crippen molar-refractivity contribution in [1.82, 2.24) is 5.32 Å². The lowest BCUT2D eigenvalue weighted by atomic mass is 9.96. The van der Waals surface area contributed by atoms with Crippen molar-refractivity contribution in [2.45, 2.75) is 31.7 Å². The highest BCUT2D eigenvalue weighted by Gasteiger charge is 2.26.